The van der Waals surface area contributed by atoms with E-state index >= 15 is 0 Å². The minimum absolute atomic E-state index is 0. The zero-order valence-electron chi connectivity index (χ0n) is 14.0. The molecule has 1 heterocycles. The number of aromatic nitrogens is 3. The van der Waals surface area contributed by atoms with Crippen LogP contribution in [0.5, 0.6) is 0 Å². The highest BCUT2D eigenvalue weighted by Crippen LogP contribution is 2.09. The van der Waals surface area contributed by atoms with Crippen molar-refractivity contribution in [2.45, 2.75) is 26.3 Å². The minimum atomic E-state index is -0.335. The van der Waals surface area contributed by atoms with Crippen molar-refractivity contribution in [3.05, 3.63) is 42.0 Å². The van der Waals surface area contributed by atoms with Crippen LogP contribution in [0.15, 0.2) is 30.5 Å². The van der Waals surface area contributed by atoms with Gasteiger partial charge in [0.1, 0.15) is 5.82 Å². The van der Waals surface area contributed by atoms with E-state index < -0.39 is 0 Å². The topological polar surface area (TPSA) is 77.0 Å². The van der Waals surface area contributed by atoms with Crippen LogP contribution in [0.25, 0.3) is 5.69 Å². The van der Waals surface area contributed by atoms with Crippen molar-refractivity contribution in [1.29, 1.82) is 0 Å². The van der Waals surface area contributed by atoms with E-state index in [0.717, 1.165) is 6.42 Å². The molecular formula is C16H23ClFN5O. The first-order chi connectivity index (χ1) is 10.9. The maximum absolute atomic E-state index is 12.9. The van der Waals surface area contributed by atoms with E-state index in [1.165, 1.54) is 23.1 Å². The third-order valence-electron chi connectivity index (χ3n) is 3.77. The maximum atomic E-state index is 12.9. The molecule has 1 aromatic carbocycles. The van der Waals surface area contributed by atoms with Crippen LogP contribution in [0.4, 0.5) is 4.39 Å². The molecule has 0 radical (unpaired) electrons. The molecule has 2 N–H and O–H groups in total. The molecule has 132 valence electrons. The Hall–Kier alpha value is -1.99. The lowest BCUT2D eigenvalue weighted by atomic mass is 10.0. The average Bonchev–Trinajstić information content (AvgIpc) is 3.01. The summed E-state index contributed by atoms with van der Waals surface area (Å²) in [5.74, 6) is -0.175. The van der Waals surface area contributed by atoms with Gasteiger partial charge in [0.2, 0.25) is 0 Å². The minimum Gasteiger partial charge on any atom is -0.340 e. The predicted octanol–water partition coefficient (Wildman–Crippen LogP) is 2.27. The van der Waals surface area contributed by atoms with E-state index in [-0.39, 0.29) is 35.9 Å². The molecule has 2 rings (SSSR count). The molecule has 1 amide bonds. The van der Waals surface area contributed by atoms with Crippen LogP contribution in [-0.2, 0) is 0 Å². The van der Waals surface area contributed by atoms with Gasteiger partial charge in [0, 0.05) is 19.6 Å². The molecule has 0 aliphatic heterocycles. The van der Waals surface area contributed by atoms with Gasteiger partial charge in [0.25, 0.3) is 5.91 Å². The zero-order chi connectivity index (χ0) is 17.0. The van der Waals surface area contributed by atoms with Crippen molar-refractivity contribution in [3.63, 3.8) is 0 Å². The standard InChI is InChI=1S/C16H22FN5O.ClH/c1-11(2)14(18)8-9-21(3)16(23)15-10-19-22(20-15)13-6-4-12(17)5-7-13;/h4-7,10-11,14H,8-9,18H2,1-3H3;1H. The molecule has 24 heavy (non-hydrogen) atoms. The lowest BCUT2D eigenvalue weighted by Gasteiger charge is -2.20. The Labute approximate surface area is 147 Å². The highest BCUT2D eigenvalue weighted by atomic mass is 35.5. The molecule has 2 aromatic rings. The third-order valence-corrected chi connectivity index (χ3v) is 3.77. The third kappa shape index (κ3) is 5.01. The summed E-state index contributed by atoms with van der Waals surface area (Å²) in [5, 5.41) is 8.21. The second kappa shape index (κ2) is 8.75. The average molecular weight is 356 g/mol. The van der Waals surface area contributed by atoms with E-state index in [2.05, 4.69) is 24.0 Å². The van der Waals surface area contributed by atoms with Crippen LogP contribution in [-0.4, -0.2) is 45.4 Å². The number of amides is 1. The van der Waals surface area contributed by atoms with Gasteiger partial charge in [0.15, 0.2) is 5.69 Å². The number of carbonyl (C=O) groups is 1. The van der Waals surface area contributed by atoms with E-state index in [1.54, 1.807) is 24.1 Å². The molecular weight excluding hydrogens is 333 g/mol. The van der Waals surface area contributed by atoms with Crippen molar-refractivity contribution in [2.24, 2.45) is 11.7 Å². The number of hydrogen-bond acceptors (Lipinski definition) is 4. The molecule has 8 heteroatoms. The summed E-state index contributed by atoms with van der Waals surface area (Å²) < 4.78 is 12.9. The van der Waals surface area contributed by atoms with Gasteiger partial charge in [-0.15, -0.1) is 17.5 Å². The molecule has 0 saturated heterocycles. The SMILES string of the molecule is CC(C)C(N)CCN(C)C(=O)c1cnn(-c2ccc(F)cc2)n1.Cl. The number of rotatable bonds is 6. The summed E-state index contributed by atoms with van der Waals surface area (Å²) in [6, 6.07) is 5.79. The summed E-state index contributed by atoms with van der Waals surface area (Å²) in [7, 11) is 1.71. The molecule has 0 fully saturated rings. The van der Waals surface area contributed by atoms with Crippen LogP contribution in [0.1, 0.15) is 30.8 Å². The number of nitrogens with zero attached hydrogens (tertiary/aromatic N) is 4. The molecule has 0 aliphatic carbocycles. The van der Waals surface area contributed by atoms with Crippen molar-refractivity contribution in [2.75, 3.05) is 13.6 Å². The van der Waals surface area contributed by atoms with Crippen LogP contribution in [0.3, 0.4) is 0 Å². The number of benzene rings is 1. The molecule has 1 aromatic heterocycles. The second-order valence-electron chi connectivity index (χ2n) is 5.92. The monoisotopic (exact) mass is 355 g/mol. The fourth-order valence-electron chi connectivity index (χ4n) is 2.03. The highest BCUT2D eigenvalue weighted by Gasteiger charge is 2.17. The van der Waals surface area contributed by atoms with E-state index in [4.69, 9.17) is 5.73 Å². The summed E-state index contributed by atoms with van der Waals surface area (Å²) >= 11 is 0. The number of hydrogen-bond donors (Lipinski definition) is 1. The van der Waals surface area contributed by atoms with Gasteiger partial charge < -0.3 is 10.6 Å². The number of nitrogens with two attached hydrogens (primary N) is 1. The first-order valence-corrected chi connectivity index (χ1v) is 7.58. The summed E-state index contributed by atoms with van der Waals surface area (Å²) in [6.45, 7) is 4.67. The summed E-state index contributed by atoms with van der Waals surface area (Å²) in [6.07, 6.45) is 2.14. The molecule has 0 aliphatic rings. The van der Waals surface area contributed by atoms with Gasteiger partial charge in [-0.3, -0.25) is 4.79 Å². The van der Waals surface area contributed by atoms with Crippen molar-refractivity contribution in [3.8, 4) is 5.69 Å². The van der Waals surface area contributed by atoms with Crippen LogP contribution in [0.2, 0.25) is 0 Å². The largest absolute Gasteiger partial charge is 0.340 e. The quantitative estimate of drug-likeness (QED) is 0.862. The number of halogens is 2. The van der Waals surface area contributed by atoms with Crippen LogP contribution >= 0.6 is 12.4 Å². The molecule has 6 nitrogen and oxygen atoms in total. The van der Waals surface area contributed by atoms with Crippen molar-refractivity contribution in [1.82, 2.24) is 19.9 Å². The first-order valence-electron chi connectivity index (χ1n) is 7.58. The van der Waals surface area contributed by atoms with Gasteiger partial charge in [-0.25, -0.2) is 4.39 Å². The number of carbonyl (C=O) groups excluding carboxylic acids is 1. The van der Waals surface area contributed by atoms with E-state index in [9.17, 15) is 9.18 Å². The first kappa shape index (κ1) is 20.1. The smallest absolute Gasteiger partial charge is 0.275 e. The fraction of sp³-hybridized carbons (Fsp3) is 0.438. The van der Waals surface area contributed by atoms with Crippen LogP contribution < -0.4 is 5.73 Å². The Morgan fingerprint density at radius 2 is 1.96 bits per heavy atom. The molecule has 1 unspecified atom stereocenters. The van der Waals surface area contributed by atoms with Crippen LogP contribution in [0, 0.1) is 11.7 Å². The van der Waals surface area contributed by atoms with Crippen molar-refractivity contribution < 1.29 is 9.18 Å². The Kier molecular flexibility index (Phi) is 7.31. The fourth-order valence-corrected chi connectivity index (χ4v) is 2.03. The Morgan fingerprint density at radius 3 is 2.54 bits per heavy atom. The van der Waals surface area contributed by atoms with Gasteiger partial charge >= 0.3 is 0 Å². The van der Waals surface area contributed by atoms with Gasteiger partial charge in [-0.2, -0.15) is 9.90 Å². The summed E-state index contributed by atoms with van der Waals surface area (Å²) in [4.78, 5) is 15.2. The molecule has 1 atom stereocenters. The lowest BCUT2D eigenvalue weighted by Crippen LogP contribution is -2.34. The van der Waals surface area contributed by atoms with Gasteiger partial charge in [0.05, 0.1) is 11.9 Å². The zero-order valence-corrected chi connectivity index (χ0v) is 14.8. The Bertz CT molecular complexity index is 659. The van der Waals surface area contributed by atoms with E-state index in [0.29, 0.717) is 18.2 Å². The predicted molar refractivity (Wildman–Crippen MR) is 93.0 cm³/mol. The van der Waals surface area contributed by atoms with Gasteiger partial charge in [-0.1, -0.05) is 13.8 Å². The lowest BCUT2D eigenvalue weighted by molar-refractivity contribution is 0.0783. The normalized spacial score (nSPS) is 11.9. The van der Waals surface area contributed by atoms with Gasteiger partial charge in [-0.05, 0) is 36.6 Å². The Morgan fingerprint density at radius 1 is 1.33 bits per heavy atom. The molecule has 0 bridgehead atoms. The van der Waals surface area contributed by atoms with Crippen molar-refractivity contribution >= 4 is 18.3 Å². The maximum Gasteiger partial charge on any atom is 0.275 e. The second-order valence-corrected chi connectivity index (χ2v) is 5.92. The van der Waals surface area contributed by atoms with E-state index in [1.807, 2.05) is 0 Å². The molecule has 0 saturated carbocycles. The summed E-state index contributed by atoms with van der Waals surface area (Å²) in [5.41, 5.74) is 6.83. The molecule has 0 spiro atoms. The Balaban J connectivity index is 0.00000288. The highest BCUT2D eigenvalue weighted by molar-refractivity contribution is 5.91.